The zero-order valence-electron chi connectivity index (χ0n) is 15.9. The lowest BCUT2D eigenvalue weighted by atomic mass is 9.95. The third kappa shape index (κ3) is 3.65. The van der Waals surface area contributed by atoms with Gasteiger partial charge in [0.1, 0.15) is 5.69 Å². The van der Waals surface area contributed by atoms with Gasteiger partial charge in [0.15, 0.2) is 0 Å². The second-order valence-corrected chi connectivity index (χ2v) is 7.19. The normalized spacial score (nSPS) is 14.3. The first kappa shape index (κ1) is 20.0. The molecule has 0 atom stereocenters. The van der Waals surface area contributed by atoms with Crippen LogP contribution in [0.4, 0.5) is 0 Å². The molecule has 1 aliphatic heterocycles. The van der Waals surface area contributed by atoms with Crippen LogP contribution in [0.25, 0.3) is 33.7 Å². The first-order valence-corrected chi connectivity index (χ1v) is 9.40. The summed E-state index contributed by atoms with van der Waals surface area (Å²) in [5, 5.41) is 15.4. The Morgan fingerprint density at radius 1 is 1.07 bits per heavy atom. The summed E-state index contributed by atoms with van der Waals surface area (Å²) in [5.41, 5.74) is 2.68. The van der Waals surface area contributed by atoms with Crippen LogP contribution in [0.2, 0.25) is 0 Å². The van der Waals surface area contributed by atoms with Gasteiger partial charge in [-0.25, -0.2) is 0 Å². The van der Waals surface area contributed by atoms with Crippen molar-refractivity contribution >= 4 is 29.1 Å². The van der Waals surface area contributed by atoms with Crippen molar-refractivity contribution in [2.45, 2.75) is 6.54 Å². The number of nitrogens with zero attached hydrogens (tertiary/aromatic N) is 4. The molecular weight excluding hydrogens is 404 g/mol. The molecule has 2 aromatic carbocycles. The molecule has 152 valence electrons. The number of aromatic nitrogens is 3. The molecule has 0 bridgehead atoms. The summed E-state index contributed by atoms with van der Waals surface area (Å²) < 4.78 is 5.42. The number of carboxylic acid groups (broad SMARTS) is 1. The van der Waals surface area contributed by atoms with E-state index in [1.54, 1.807) is 6.20 Å². The van der Waals surface area contributed by atoms with Gasteiger partial charge in [-0.1, -0.05) is 47.6 Å². The Balaban J connectivity index is 0.00000218. The molecule has 2 aromatic heterocycles. The highest BCUT2D eigenvalue weighted by atomic mass is 35.5. The van der Waals surface area contributed by atoms with Crippen LogP contribution >= 0.6 is 12.4 Å². The van der Waals surface area contributed by atoms with Crippen LogP contribution in [0.15, 0.2) is 65.3 Å². The second kappa shape index (κ2) is 8.22. The Morgan fingerprint density at radius 2 is 1.83 bits per heavy atom. The maximum atomic E-state index is 11.0. The Labute approximate surface area is 178 Å². The van der Waals surface area contributed by atoms with Crippen LogP contribution in [0, 0.1) is 5.92 Å². The Kier molecular flexibility index (Phi) is 5.48. The Morgan fingerprint density at radius 3 is 2.57 bits per heavy atom. The number of hydrogen-bond donors (Lipinski definition) is 1. The lowest BCUT2D eigenvalue weighted by molar-refractivity contribution is -0.147. The summed E-state index contributed by atoms with van der Waals surface area (Å²) in [5.74, 6) is -0.0792. The standard InChI is InChI=1S/C22H18N4O3.ClH/c27-22(28)15-12-26(13-15)11-14-8-9-18(17-6-2-1-5-16(14)17)20-24-21(29-25-20)19-7-3-4-10-23-19;/h1-10,15H,11-13H2,(H,27,28);1H. The van der Waals surface area contributed by atoms with E-state index in [-0.39, 0.29) is 18.3 Å². The van der Waals surface area contributed by atoms with Crippen molar-refractivity contribution in [2.24, 2.45) is 5.92 Å². The largest absolute Gasteiger partial charge is 0.481 e. The highest BCUT2D eigenvalue weighted by molar-refractivity contribution is 5.97. The molecule has 1 N–H and O–H groups in total. The van der Waals surface area contributed by atoms with E-state index < -0.39 is 5.97 Å². The molecule has 0 amide bonds. The number of fused-ring (bicyclic) bond motifs is 1. The van der Waals surface area contributed by atoms with Crippen molar-refractivity contribution in [3.8, 4) is 23.0 Å². The van der Waals surface area contributed by atoms with Crippen molar-refractivity contribution in [3.05, 3.63) is 66.4 Å². The molecule has 0 saturated carbocycles. The summed E-state index contributed by atoms with van der Waals surface area (Å²) in [6.45, 7) is 1.89. The van der Waals surface area contributed by atoms with Gasteiger partial charge in [-0.2, -0.15) is 4.98 Å². The van der Waals surface area contributed by atoms with E-state index >= 15 is 0 Å². The van der Waals surface area contributed by atoms with Crippen LogP contribution < -0.4 is 0 Å². The van der Waals surface area contributed by atoms with E-state index in [0.717, 1.165) is 28.4 Å². The van der Waals surface area contributed by atoms with E-state index in [9.17, 15) is 4.79 Å². The summed E-state index contributed by atoms with van der Waals surface area (Å²) in [4.78, 5) is 22.0. The van der Waals surface area contributed by atoms with Gasteiger partial charge in [-0.15, -0.1) is 12.4 Å². The Bertz CT molecular complexity index is 1190. The van der Waals surface area contributed by atoms with Gasteiger partial charge in [0.25, 0.3) is 5.89 Å². The minimum absolute atomic E-state index is 0. The van der Waals surface area contributed by atoms with Crippen LogP contribution in [-0.4, -0.2) is 44.2 Å². The van der Waals surface area contributed by atoms with E-state index in [0.29, 0.717) is 30.5 Å². The third-order valence-electron chi connectivity index (χ3n) is 5.27. The Hall–Kier alpha value is -3.29. The summed E-state index contributed by atoms with van der Waals surface area (Å²) in [7, 11) is 0. The number of carbonyl (C=O) groups is 1. The molecule has 1 saturated heterocycles. The molecule has 8 heteroatoms. The third-order valence-corrected chi connectivity index (χ3v) is 5.27. The molecule has 0 unspecified atom stereocenters. The summed E-state index contributed by atoms with van der Waals surface area (Å²) in [6.07, 6.45) is 1.69. The topological polar surface area (TPSA) is 92.3 Å². The van der Waals surface area contributed by atoms with E-state index in [4.69, 9.17) is 9.63 Å². The average Bonchev–Trinajstić information content (AvgIpc) is 3.20. The lowest BCUT2D eigenvalue weighted by Gasteiger charge is -2.36. The smallest absolute Gasteiger partial charge is 0.309 e. The number of benzene rings is 2. The minimum Gasteiger partial charge on any atom is -0.481 e. The molecule has 1 aliphatic rings. The van der Waals surface area contributed by atoms with Crippen molar-refractivity contribution in [3.63, 3.8) is 0 Å². The van der Waals surface area contributed by atoms with Gasteiger partial charge in [0.2, 0.25) is 5.82 Å². The van der Waals surface area contributed by atoms with Gasteiger partial charge < -0.3 is 9.63 Å². The van der Waals surface area contributed by atoms with Crippen LogP contribution in [-0.2, 0) is 11.3 Å². The van der Waals surface area contributed by atoms with E-state index in [1.165, 1.54) is 0 Å². The molecule has 30 heavy (non-hydrogen) atoms. The first-order chi connectivity index (χ1) is 14.2. The fourth-order valence-electron chi connectivity index (χ4n) is 3.72. The number of aliphatic carboxylic acids is 1. The van der Waals surface area contributed by atoms with Gasteiger partial charge in [-0.05, 0) is 28.5 Å². The monoisotopic (exact) mass is 422 g/mol. The predicted molar refractivity (Wildman–Crippen MR) is 114 cm³/mol. The van der Waals surface area contributed by atoms with Gasteiger partial charge in [0.05, 0.1) is 5.92 Å². The number of likely N-dealkylation sites (tertiary alicyclic amines) is 1. The van der Waals surface area contributed by atoms with Gasteiger partial charge in [0, 0.05) is 31.4 Å². The highest BCUT2D eigenvalue weighted by Crippen LogP contribution is 2.32. The van der Waals surface area contributed by atoms with Crippen LogP contribution in [0.3, 0.4) is 0 Å². The van der Waals surface area contributed by atoms with Crippen LogP contribution in [0.5, 0.6) is 0 Å². The first-order valence-electron chi connectivity index (χ1n) is 9.40. The zero-order valence-corrected chi connectivity index (χ0v) is 16.7. The maximum absolute atomic E-state index is 11.0. The highest BCUT2D eigenvalue weighted by Gasteiger charge is 2.32. The number of halogens is 1. The quantitative estimate of drug-likeness (QED) is 0.521. The van der Waals surface area contributed by atoms with E-state index in [2.05, 4.69) is 32.2 Å². The predicted octanol–water partition coefficient (Wildman–Crippen LogP) is 3.89. The van der Waals surface area contributed by atoms with Crippen molar-refractivity contribution in [2.75, 3.05) is 13.1 Å². The molecule has 1 fully saturated rings. The SMILES string of the molecule is Cl.O=C(O)C1CN(Cc2ccc(-c3noc(-c4ccccn4)n3)c3ccccc23)C1. The van der Waals surface area contributed by atoms with Crippen LogP contribution in [0.1, 0.15) is 5.56 Å². The molecular formula is C22H19ClN4O3. The molecule has 3 heterocycles. The number of pyridine rings is 1. The van der Waals surface area contributed by atoms with Crippen molar-refractivity contribution < 1.29 is 14.4 Å². The number of hydrogen-bond acceptors (Lipinski definition) is 6. The van der Waals surface area contributed by atoms with Gasteiger partial charge in [-0.3, -0.25) is 14.7 Å². The average molecular weight is 423 g/mol. The fraction of sp³-hybridized carbons (Fsp3) is 0.182. The summed E-state index contributed by atoms with van der Waals surface area (Å²) in [6, 6.07) is 17.7. The fourth-order valence-corrected chi connectivity index (χ4v) is 3.72. The van der Waals surface area contributed by atoms with E-state index in [1.807, 2.05) is 42.5 Å². The molecule has 0 radical (unpaired) electrons. The second-order valence-electron chi connectivity index (χ2n) is 7.19. The molecule has 4 aromatic rings. The maximum Gasteiger partial charge on any atom is 0.309 e. The van der Waals surface area contributed by atoms with Crippen molar-refractivity contribution in [1.82, 2.24) is 20.0 Å². The molecule has 7 nitrogen and oxygen atoms in total. The summed E-state index contributed by atoms with van der Waals surface area (Å²) >= 11 is 0. The molecule has 5 rings (SSSR count). The molecule has 0 spiro atoms. The zero-order chi connectivity index (χ0) is 19.8. The number of rotatable bonds is 5. The number of carboxylic acids is 1. The minimum atomic E-state index is -0.720. The van der Waals surface area contributed by atoms with Crippen molar-refractivity contribution in [1.29, 1.82) is 0 Å². The molecule has 0 aliphatic carbocycles. The lowest BCUT2D eigenvalue weighted by Crippen LogP contribution is -2.49. The van der Waals surface area contributed by atoms with Gasteiger partial charge >= 0.3 is 5.97 Å².